The van der Waals surface area contributed by atoms with Crippen LogP contribution in [0.25, 0.3) is 10.2 Å². The van der Waals surface area contributed by atoms with Crippen LogP contribution in [0.4, 0.5) is 5.69 Å². The highest BCUT2D eigenvalue weighted by Crippen LogP contribution is 2.29. The number of ether oxygens (including phenoxy) is 1. The van der Waals surface area contributed by atoms with Crippen molar-refractivity contribution in [1.82, 2.24) is 4.98 Å². The lowest BCUT2D eigenvalue weighted by Crippen LogP contribution is -2.18. The zero-order valence-electron chi connectivity index (χ0n) is 12.9. The predicted octanol–water partition coefficient (Wildman–Crippen LogP) is 3.84. The SMILES string of the molecule is COc1cccc(NS(=O)(=O)CCSc2nc3ccccc3s2)c1. The van der Waals surface area contributed by atoms with E-state index in [9.17, 15) is 8.42 Å². The highest BCUT2D eigenvalue weighted by Gasteiger charge is 2.12. The van der Waals surface area contributed by atoms with Crippen LogP contribution in [0.3, 0.4) is 0 Å². The number of fused-ring (bicyclic) bond motifs is 1. The number of hydrogen-bond acceptors (Lipinski definition) is 6. The summed E-state index contributed by atoms with van der Waals surface area (Å²) in [6.45, 7) is 0. The van der Waals surface area contributed by atoms with Crippen molar-refractivity contribution < 1.29 is 13.2 Å². The van der Waals surface area contributed by atoms with Gasteiger partial charge >= 0.3 is 0 Å². The Bertz CT molecular complexity index is 905. The molecule has 0 aliphatic heterocycles. The molecule has 0 spiro atoms. The second kappa shape index (κ2) is 7.42. The summed E-state index contributed by atoms with van der Waals surface area (Å²) in [6, 6.07) is 14.7. The van der Waals surface area contributed by atoms with Gasteiger partial charge in [-0.1, -0.05) is 30.0 Å². The summed E-state index contributed by atoms with van der Waals surface area (Å²) in [5.41, 5.74) is 1.45. The summed E-state index contributed by atoms with van der Waals surface area (Å²) in [7, 11) is -1.87. The minimum absolute atomic E-state index is 0.0187. The molecule has 0 aliphatic carbocycles. The fraction of sp³-hybridized carbons (Fsp3) is 0.188. The molecular formula is C16H16N2O3S3. The Kier molecular flexibility index (Phi) is 5.27. The zero-order chi connectivity index (χ0) is 17.0. The fourth-order valence-electron chi connectivity index (χ4n) is 2.07. The number of anilines is 1. The van der Waals surface area contributed by atoms with Crippen molar-refractivity contribution in [3.63, 3.8) is 0 Å². The molecule has 0 atom stereocenters. The first-order chi connectivity index (χ1) is 11.6. The normalized spacial score (nSPS) is 11.5. The Morgan fingerprint density at radius 3 is 2.83 bits per heavy atom. The third-order valence-electron chi connectivity index (χ3n) is 3.19. The van der Waals surface area contributed by atoms with E-state index in [4.69, 9.17) is 4.74 Å². The Morgan fingerprint density at radius 1 is 1.21 bits per heavy atom. The monoisotopic (exact) mass is 380 g/mol. The van der Waals surface area contributed by atoms with Gasteiger partial charge in [0, 0.05) is 11.8 Å². The van der Waals surface area contributed by atoms with E-state index in [0.29, 0.717) is 17.2 Å². The average Bonchev–Trinajstić information content (AvgIpc) is 2.97. The molecule has 1 heterocycles. The van der Waals surface area contributed by atoms with Crippen LogP contribution in [-0.4, -0.2) is 32.0 Å². The number of nitrogens with one attached hydrogen (secondary N) is 1. The molecule has 0 fully saturated rings. The van der Waals surface area contributed by atoms with Gasteiger partial charge in [0.15, 0.2) is 4.34 Å². The molecule has 0 saturated heterocycles. The number of nitrogens with zero attached hydrogens (tertiary/aromatic N) is 1. The lowest BCUT2D eigenvalue weighted by Gasteiger charge is -2.08. The fourth-order valence-corrected chi connectivity index (χ4v) is 5.66. The quantitative estimate of drug-likeness (QED) is 0.631. The number of para-hydroxylation sites is 1. The summed E-state index contributed by atoms with van der Waals surface area (Å²) in [5.74, 6) is 1.07. The maximum atomic E-state index is 12.2. The summed E-state index contributed by atoms with van der Waals surface area (Å²) >= 11 is 3.03. The van der Waals surface area contributed by atoms with Crippen molar-refractivity contribution in [2.75, 3.05) is 23.3 Å². The Balaban J connectivity index is 1.58. The third-order valence-corrected chi connectivity index (χ3v) is 6.92. The van der Waals surface area contributed by atoms with Gasteiger partial charge in [0.25, 0.3) is 0 Å². The first kappa shape index (κ1) is 17.1. The summed E-state index contributed by atoms with van der Waals surface area (Å²) < 4.78 is 34.0. The second-order valence-electron chi connectivity index (χ2n) is 4.95. The molecule has 0 unspecified atom stereocenters. The summed E-state index contributed by atoms with van der Waals surface area (Å²) in [4.78, 5) is 4.49. The van der Waals surface area contributed by atoms with Crippen molar-refractivity contribution in [2.45, 2.75) is 4.34 Å². The van der Waals surface area contributed by atoms with Gasteiger partial charge in [-0.3, -0.25) is 4.72 Å². The van der Waals surface area contributed by atoms with Crippen molar-refractivity contribution in [2.24, 2.45) is 0 Å². The number of thioether (sulfide) groups is 1. The minimum Gasteiger partial charge on any atom is -0.497 e. The van der Waals surface area contributed by atoms with E-state index in [1.165, 1.54) is 11.8 Å². The molecule has 0 bridgehead atoms. The lowest BCUT2D eigenvalue weighted by atomic mass is 10.3. The van der Waals surface area contributed by atoms with Crippen LogP contribution in [0.2, 0.25) is 0 Å². The van der Waals surface area contributed by atoms with Gasteiger partial charge in [-0.15, -0.1) is 11.3 Å². The van der Waals surface area contributed by atoms with E-state index in [-0.39, 0.29) is 5.75 Å². The molecule has 0 amide bonds. The topological polar surface area (TPSA) is 68.3 Å². The lowest BCUT2D eigenvalue weighted by molar-refractivity contribution is 0.415. The van der Waals surface area contributed by atoms with Crippen molar-refractivity contribution in [1.29, 1.82) is 0 Å². The van der Waals surface area contributed by atoms with Crippen LogP contribution in [-0.2, 0) is 10.0 Å². The van der Waals surface area contributed by atoms with E-state index < -0.39 is 10.0 Å². The number of aromatic nitrogens is 1. The second-order valence-corrected chi connectivity index (χ2v) is 9.16. The standard InChI is InChI=1S/C16H16N2O3S3/c1-21-13-6-4-5-12(11-13)18-24(19,20)10-9-22-16-17-14-7-2-3-8-15(14)23-16/h2-8,11,18H,9-10H2,1H3. The van der Waals surface area contributed by atoms with Crippen LogP contribution in [0, 0.1) is 0 Å². The van der Waals surface area contributed by atoms with Crippen LogP contribution in [0.1, 0.15) is 0 Å². The van der Waals surface area contributed by atoms with E-state index >= 15 is 0 Å². The first-order valence-electron chi connectivity index (χ1n) is 7.19. The zero-order valence-corrected chi connectivity index (χ0v) is 15.4. The van der Waals surface area contributed by atoms with Gasteiger partial charge in [-0.25, -0.2) is 13.4 Å². The first-order valence-corrected chi connectivity index (χ1v) is 10.6. The molecule has 0 aliphatic rings. The third kappa shape index (κ3) is 4.40. The molecule has 0 radical (unpaired) electrons. The highest BCUT2D eigenvalue weighted by atomic mass is 32.2. The molecule has 0 saturated carbocycles. The number of hydrogen-bond donors (Lipinski definition) is 1. The van der Waals surface area contributed by atoms with Gasteiger partial charge in [0.05, 0.1) is 28.8 Å². The van der Waals surface area contributed by atoms with Gasteiger partial charge < -0.3 is 4.74 Å². The maximum absolute atomic E-state index is 12.2. The number of rotatable bonds is 7. The van der Waals surface area contributed by atoms with E-state index in [1.54, 1.807) is 42.7 Å². The van der Waals surface area contributed by atoms with E-state index in [2.05, 4.69) is 9.71 Å². The van der Waals surface area contributed by atoms with Crippen LogP contribution < -0.4 is 9.46 Å². The van der Waals surface area contributed by atoms with Gasteiger partial charge in [-0.05, 0) is 24.3 Å². The van der Waals surface area contributed by atoms with Crippen molar-refractivity contribution in [3.05, 3.63) is 48.5 Å². The number of benzene rings is 2. The predicted molar refractivity (Wildman–Crippen MR) is 101 cm³/mol. The smallest absolute Gasteiger partial charge is 0.233 e. The molecule has 126 valence electrons. The minimum atomic E-state index is -3.41. The Morgan fingerprint density at radius 2 is 2.04 bits per heavy atom. The highest BCUT2D eigenvalue weighted by molar-refractivity contribution is 8.02. The molecule has 3 aromatic rings. The molecule has 24 heavy (non-hydrogen) atoms. The molecule has 1 N–H and O–H groups in total. The van der Waals surface area contributed by atoms with Crippen molar-refractivity contribution >= 4 is 49.0 Å². The van der Waals surface area contributed by atoms with E-state index in [1.807, 2.05) is 24.3 Å². The molecule has 8 heteroatoms. The van der Waals surface area contributed by atoms with Crippen LogP contribution in [0.15, 0.2) is 52.9 Å². The molecular weight excluding hydrogens is 364 g/mol. The number of sulfonamides is 1. The van der Waals surface area contributed by atoms with Gasteiger partial charge in [-0.2, -0.15) is 0 Å². The number of thiazole rings is 1. The molecule has 1 aromatic heterocycles. The van der Waals surface area contributed by atoms with Gasteiger partial charge in [0.1, 0.15) is 5.75 Å². The van der Waals surface area contributed by atoms with E-state index in [0.717, 1.165) is 14.6 Å². The Labute approximate surface area is 149 Å². The molecule has 5 nitrogen and oxygen atoms in total. The summed E-state index contributed by atoms with van der Waals surface area (Å²) in [5, 5.41) is 0. The average molecular weight is 381 g/mol. The van der Waals surface area contributed by atoms with Crippen LogP contribution in [0.5, 0.6) is 5.75 Å². The van der Waals surface area contributed by atoms with Crippen molar-refractivity contribution in [3.8, 4) is 5.75 Å². The maximum Gasteiger partial charge on any atom is 0.233 e. The summed E-state index contributed by atoms with van der Waals surface area (Å²) in [6.07, 6.45) is 0. The molecule has 3 rings (SSSR count). The van der Waals surface area contributed by atoms with Gasteiger partial charge in [0.2, 0.25) is 10.0 Å². The van der Waals surface area contributed by atoms with Crippen LogP contribution >= 0.6 is 23.1 Å². The number of methoxy groups -OCH3 is 1. The Hall–Kier alpha value is -1.77. The largest absolute Gasteiger partial charge is 0.497 e. The molecule has 2 aromatic carbocycles.